The standard InChI is InChI=1S/C14H21NOS/c1-10-4-3-5-12(8-10)17-13-6-7-14(11(2)16)15-9-13/h6-7,9-12,16H,3-5,8H2,1-2H3/t10?,11-,12?/m1/s1. The summed E-state index contributed by atoms with van der Waals surface area (Å²) in [7, 11) is 0. The van der Waals surface area contributed by atoms with E-state index < -0.39 is 6.10 Å². The monoisotopic (exact) mass is 251 g/mol. The van der Waals surface area contributed by atoms with Gasteiger partial charge in [0, 0.05) is 16.3 Å². The first-order chi connectivity index (χ1) is 8.15. The number of aliphatic hydroxyl groups excluding tert-OH is 1. The third kappa shape index (κ3) is 3.71. The molecule has 1 heterocycles. The summed E-state index contributed by atoms with van der Waals surface area (Å²) >= 11 is 1.94. The molecule has 1 aliphatic rings. The van der Waals surface area contributed by atoms with E-state index in [-0.39, 0.29) is 0 Å². The highest BCUT2D eigenvalue weighted by Gasteiger charge is 2.19. The third-order valence-electron chi connectivity index (χ3n) is 3.38. The zero-order chi connectivity index (χ0) is 12.3. The molecule has 0 amide bonds. The number of rotatable bonds is 3. The van der Waals surface area contributed by atoms with Crippen molar-refractivity contribution in [3.63, 3.8) is 0 Å². The van der Waals surface area contributed by atoms with Crippen molar-refractivity contribution in [1.29, 1.82) is 0 Å². The van der Waals surface area contributed by atoms with Gasteiger partial charge in [0.2, 0.25) is 0 Å². The van der Waals surface area contributed by atoms with Gasteiger partial charge in [-0.05, 0) is 37.8 Å². The van der Waals surface area contributed by atoms with E-state index in [0.717, 1.165) is 16.9 Å². The van der Waals surface area contributed by atoms with Gasteiger partial charge in [-0.1, -0.05) is 19.8 Å². The van der Waals surface area contributed by atoms with E-state index in [0.29, 0.717) is 0 Å². The fraction of sp³-hybridized carbons (Fsp3) is 0.643. The maximum Gasteiger partial charge on any atom is 0.0931 e. The highest BCUT2D eigenvalue weighted by Crippen LogP contribution is 2.35. The van der Waals surface area contributed by atoms with Gasteiger partial charge in [0.25, 0.3) is 0 Å². The van der Waals surface area contributed by atoms with Crippen LogP contribution in [-0.4, -0.2) is 15.3 Å². The molecule has 1 aliphatic carbocycles. The maximum atomic E-state index is 9.40. The summed E-state index contributed by atoms with van der Waals surface area (Å²) < 4.78 is 0. The topological polar surface area (TPSA) is 33.1 Å². The zero-order valence-electron chi connectivity index (χ0n) is 10.6. The fourth-order valence-electron chi connectivity index (χ4n) is 2.39. The Hall–Kier alpha value is -0.540. The second-order valence-corrected chi connectivity index (χ2v) is 6.48. The van der Waals surface area contributed by atoms with Crippen LogP contribution in [0.5, 0.6) is 0 Å². The molecule has 0 radical (unpaired) electrons. The number of hydrogen-bond donors (Lipinski definition) is 1. The lowest BCUT2D eigenvalue weighted by Crippen LogP contribution is -2.14. The third-order valence-corrected chi connectivity index (χ3v) is 4.65. The Balaban J connectivity index is 1.94. The highest BCUT2D eigenvalue weighted by atomic mass is 32.2. The van der Waals surface area contributed by atoms with Crippen molar-refractivity contribution in [2.75, 3.05) is 0 Å². The van der Waals surface area contributed by atoms with Gasteiger partial charge < -0.3 is 5.11 Å². The first-order valence-electron chi connectivity index (χ1n) is 6.46. The average molecular weight is 251 g/mol. The van der Waals surface area contributed by atoms with Crippen LogP contribution in [-0.2, 0) is 0 Å². The van der Waals surface area contributed by atoms with E-state index >= 15 is 0 Å². The molecule has 0 aliphatic heterocycles. The van der Waals surface area contributed by atoms with Crippen molar-refractivity contribution in [2.45, 2.75) is 55.8 Å². The fourth-order valence-corrected chi connectivity index (χ4v) is 3.74. The molecule has 3 heteroatoms. The van der Waals surface area contributed by atoms with Crippen LogP contribution in [0.1, 0.15) is 51.3 Å². The predicted octanol–water partition coefficient (Wildman–Crippen LogP) is 3.81. The first kappa shape index (κ1) is 12.9. The SMILES string of the molecule is CC1CCCC(Sc2ccc([C@@H](C)O)nc2)C1. The predicted molar refractivity (Wildman–Crippen MR) is 72.1 cm³/mol. The molecule has 1 aromatic rings. The van der Waals surface area contributed by atoms with Crippen LogP contribution < -0.4 is 0 Å². The van der Waals surface area contributed by atoms with Crippen molar-refractivity contribution < 1.29 is 5.11 Å². The van der Waals surface area contributed by atoms with Gasteiger partial charge in [-0.2, -0.15) is 0 Å². The van der Waals surface area contributed by atoms with Crippen LogP contribution in [0.15, 0.2) is 23.2 Å². The highest BCUT2D eigenvalue weighted by molar-refractivity contribution is 8.00. The molecule has 0 saturated heterocycles. The average Bonchev–Trinajstić information content (AvgIpc) is 2.29. The summed E-state index contributed by atoms with van der Waals surface area (Å²) in [6.07, 6.45) is 6.82. The molecule has 0 spiro atoms. The van der Waals surface area contributed by atoms with E-state index in [2.05, 4.69) is 18.0 Å². The Labute approximate surface area is 108 Å². The second-order valence-electron chi connectivity index (χ2n) is 5.11. The van der Waals surface area contributed by atoms with Crippen molar-refractivity contribution in [3.8, 4) is 0 Å². The summed E-state index contributed by atoms with van der Waals surface area (Å²) in [5.41, 5.74) is 0.756. The quantitative estimate of drug-likeness (QED) is 0.887. The van der Waals surface area contributed by atoms with Gasteiger partial charge in [0.15, 0.2) is 0 Å². The number of aromatic nitrogens is 1. The van der Waals surface area contributed by atoms with Gasteiger partial charge in [-0.15, -0.1) is 11.8 Å². The van der Waals surface area contributed by atoms with Gasteiger partial charge >= 0.3 is 0 Å². The summed E-state index contributed by atoms with van der Waals surface area (Å²) in [4.78, 5) is 5.52. The first-order valence-corrected chi connectivity index (χ1v) is 7.34. The molecule has 94 valence electrons. The van der Waals surface area contributed by atoms with Gasteiger partial charge in [0.1, 0.15) is 0 Å². The minimum atomic E-state index is -0.469. The Bertz CT molecular complexity index is 350. The normalized spacial score (nSPS) is 26.8. The van der Waals surface area contributed by atoms with Gasteiger partial charge in [-0.3, -0.25) is 4.98 Å². The number of nitrogens with zero attached hydrogens (tertiary/aromatic N) is 1. The summed E-state index contributed by atoms with van der Waals surface area (Å²) in [6, 6.07) is 4.01. The van der Waals surface area contributed by atoms with E-state index in [4.69, 9.17) is 0 Å². The molecule has 17 heavy (non-hydrogen) atoms. The molecule has 1 saturated carbocycles. The Kier molecular flexibility index (Phi) is 4.46. The number of pyridine rings is 1. The van der Waals surface area contributed by atoms with Crippen molar-refractivity contribution in [1.82, 2.24) is 4.98 Å². The molecule has 0 aromatic carbocycles. The molecule has 0 bridgehead atoms. The van der Waals surface area contributed by atoms with Crippen molar-refractivity contribution in [3.05, 3.63) is 24.0 Å². The Morgan fingerprint density at radius 1 is 1.41 bits per heavy atom. The van der Waals surface area contributed by atoms with E-state index in [1.165, 1.54) is 30.6 Å². The molecule has 1 aromatic heterocycles. The number of aliphatic hydroxyl groups is 1. The molecule has 2 rings (SSSR count). The van der Waals surface area contributed by atoms with Crippen LogP contribution in [0.2, 0.25) is 0 Å². The van der Waals surface area contributed by atoms with Crippen LogP contribution in [0, 0.1) is 5.92 Å². The molecule has 1 fully saturated rings. The van der Waals surface area contributed by atoms with Crippen LogP contribution >= 0.6 is 11.8 Å². The van der Waals surface area contributed by atoms with Crippen LogP contribution in [0.25, 0.3) is 0 Å². The smallest absolute Gasteiger partial charge is 0.0931 e. The largest absolute Gasteiger partial charge is 0.387 e. The minimum Gasteiger partial charge on any atom is -0.387 e. The summed E-state index contributed by atoms with van der Waals surface area (Å²) in [5.74, 6) is 0.867. The lowest BCUT2D eigenvalue weighted by molar-refractivity contribution is 0.194. The van der Waals surface area contributed by atoms with Crippen LogP contribution in [0.3, 0.4) is 0 Å². The van der Waals surface area contributed by atoms with Crippen molar-refractivity contribution in [2.24, 2.45) is 5.92 Å². The summed E-state index contributed by atoms with van der Waals surface area (Å²) in [5, 5.41) is 10.1. The Morgan fingerprint density at radius 3 is 2.82 bits per heavy atom. The van der Waals surface area contributed by atoms with Gasteiger partial charge in [0.05, 0.1) is 11.8 Å². The van der Waals surface area contributed by atoms with E-state index in [9.17, 15) is 5.11 Å². The lowest BCUT2D eigenvalue weighted by Gasteiger charge is -2.26. The summed E-state index contributed by atoms with van der Waals surface area (Å²) in [6.45, 7) is 4.10. The molecule has 3 atom stereocenters. The molecular formula is C14H21NOS. The van der Waals surface area contributed by atoms with Gasteiger partial charge in [-0.25, -0.2) is 0 Å². The second kappa shape index (κ2) is 5.87. The van der Waals surface area contributed by atoms with Crippen LogP contribution in [0.4, 0.5) is 0 Å². The van der Waals surface area contributed by atoms with E-state index in [1.54, 1.807) is 6.92 Å². The van der Waals surface area contributed by atoms with E-state index in [1.807, 2.05) is 24.0 Å². The molecule has 1 N–H and O–H groups in total. The molecule has 2 unspecified atom stereocenters. The maximum absolute atomic E-state index is 9.40. The minimum absolute atomic E-state index is 0.469. The molecule has 2 nitrogen and oxygen atoms in total. The number of thioether (sulfide) groups is 1. The zero-order valence-corrected chi connectivity index (χ0v) is 11.4. The van der Waals surface area contributed by atoms with Crippen molar-refractivity contribution >= 4 is 11.8 Å². The number of hydrogen-bond acceptors (Lipinski definition) is 3. The Morgan fingerprint density at radius 2 is 2.24 bits per heavy atom. The lowest BCUT2D eigenvalue weighted by atomic mass is 9.91. The molecular weight excluding hydrogens is 230 g/mol.